The Hall–Kier alpha value is -3.27. The van der Waals surface area contributed by atoms with Crippen LogP contribution < -0.4 is 24.8 Å². The number of amides is 2. The number of benzene rings is 2. The van der Waals surface area contributed by atoms with Crippen molar-refractivity contribution in [3.05, 3.63) is 48.0 Å². The molecule has 2 aromatic rings. The Bertz CT molecular complexity index is 1090. The zero-order valence-electron chi connectivity index (χ0n) is 18.7. The zero-order valence-corrected chi connectivity index (χ0v) is 19.5. The van der Waals surface area contributed by atoms with Gasteiger partial charge in [0.05, 0.1) is 18.1 Å². The van der Waals surface area contributed by atoms with Crippen LogP contribution in [0.5, 0.6) is 11.5 Å². The maximum Gasteiger partial charge on any atom is 0.262 e. The van der Waals surface area contributed by atoms with Gasteiger partial charge in [-0.05, 0) is 49.7 Å². The molecule has 0 radical (unpaired) electrons. The van der Waals surface area contributed by atoms with E-state index < -0.39 is 10.0 Å². The number of carbonyl (C=O) groups is 2. The van der Waals surface area contributed by atoms with Gasteiger partial charge in [-0.2, -0.15) is 0 Å². The van der Waals surface area contributed by atoms with Gasteiger partial charge in [0.2, 0.25) is 5.91 Å². The van der Waals surface area contributed by atoms with E-state index in [4.69, 9.17) is 9.47 Å². The summed E-state index contributed by atoms with van der Waals surface area (Å²) in [6, 6.07) is 10.6. The van der Waals surface area contributed by atoms with Gasteiger partial charge in [-0.3, -0.25) is 14.3 Å². The molecule has 1 aliphatic rings. The van der Waals surface area contributed by atoms with Gasteiger partial charge < -0.3 is 20.1 Å². The Labute approximate surface area is 193 Å². The van der Waals surface area contributed by atoms with Crippen molar-refractivity contribution in [3.8, 4) is 11.5 Å². The van der Waals surface area contributed by atoms with E-state index in [2.05, 4.69) is 15.4 Å². The number of rotatable bonds is 9. The first-order valence-corrected chi connectivity index (χ1v) is 12.4. The van der Waals surface area contributed by atoms with Crippen molar-refractivity contribution in [2.24, 2.45) is 0 Å². The van der Waals surface area contributed by atoms with Gasteiger partial charge in [0, 0.05) is 42.7 Å². The summed E-state index contributed by atoms with van der Waals surface area (Å²) in [5.74, 6) is 0.437. The van der Waals surface area contributed by atoms with E-state index in [0.29, 0.717) is 36.0 Å². The minimum absolute atomic E-state index is 0.0456. The predicted molar refractivity (Wildman–Crippen MR) is 124 cm³/mol. The van der Waals surface area contributed by atoms with Crippen LogP contribution in [0.15, 0.2) is 47.4 Å². The lowest BCUT2D eigenvalue weighted by Crippen LogP contribution is -2.35. The third kappa shape index (κ3) is 6.85. The number of hydrogen-bond donors (Lipinski definition) is 3. The summed E-state index contributed by atoms with van der Waals surface area (Å²) in [4.78, 5) is 24.1. The third-order valence-corrected chi connectivity index (χ3v) is 6.46. The molecule has 0 saturated carbocycles. The van der Waals surface area contributed by atoms with Gasteiger partial charge in [0.25, 0.3) is 15.9 Å². The average Bonchev–Trinajstić information content (AvgIpc) is 3.04. The summed E-state index contributed by atoms with van der Waals surface area (Å²) in [5, 5.41) is 5.52. The maximum absolute atomic E-state index is 12.8. The molecule has 0 bridgehead atoms. The van der Waals surface area contributed by atoms with Gasteiger partial charge in [0.1, 0.15) is 0 Å². The molecule has 0 saturated heterocycles. The highest BCUT2D eigenvalue weighted by Crippen LogP contribution is 2.32. The van der Waals surface area contributed by atoms with E-state index in [1.165, 1.54) is 36.4 Å². The van der Waals surface area contributed by atoms with Crippen molar-refractivity contribution < 1.29 is 27.5 Å². The van der Waals surface area contributed by atoms with E-state index >= 15 is 0 Å². The van der Waals surface area contributed by atoms with Crippen molar-refractivity contribution >= 4 is 27.5 Å². The van der Waals surface area contributed by atoms with Crippen molar-refractivity contribution in [1.29, 1.82) is 0 Å². The summed E-state index contributed by atoms with van der Waals surface area (Å²) in [6.07, 6.45) is 1.74. The predicted octanol–water partition coefficient (Wildman–Crippen LogP) is 2.68. The fourth-order valence-corrected chi connectivity index (χ4v) is 4.13. The molecule has 0 spiro atoms. The number of fused-ring (bicyclic) bond motifs is 1. The molecule has 3 N–H and O–H groups in total. The number of hydrogen-bond acceptors (Lipinski definition) is 6. The highest BCUT2D eigenvalue weighted by Gasteiger charge is 2.19. The molecule has 1 unspecified atom stereocenters. The quantitative estimate of drug-likeness (QED) is 0.513. The Morgan fingerprint density at radius 2 is 1.73 bits per heavy atom. The number of sulfonamides is 1. The smallest absolute Gasteiger partial charge is 0.262 e. The Morgan fingerprint density at radius 1 is 1.03 bits per heavy atom. The van der Waals surface area contributed by atoms with Crippen LogP contribution in [-0.2, 0) is 14.8 Å². The fourth-order valence-electron chi connectivity index (χ4n) is 3.06. The molecule has 10 heteroatoms. The first-order valence-electron chi connectivity index (χ1n) is 10.9. The molecule has 9 nitrogen and oxygen atoms in total. The summed E-state index contributed by atoms with van der Waals surface area (Å²) in [7, 11) is -3.86. The Balaban J connectivity index is 1.57. The lowest BCUT2D eigenvalue weighted by molar-refractivity contribution is -0.121. The molecule has 1 atom stereocenters. The summed E-state index contributed by atoms with van der Waals surface area (Å²) < 4.78 is 39.1. The number of nitrogens with one attached hydrogen (secondary N) is 3. The minimum Gasteiger partial charge on any atom is -0.490 e. The second-order valence-electron chi connectivity index (χ2n) is 7.72. The topological polar surface area (TPSA) is 123 Å². The average molecular weight is 476 g/mol. The Morgan fingerprint density at radius 3 is 2.42 bits per heavy atom. The van der Waals surface area contributed by atoms with E-state index in [9.17, 15) is 18.0 Å². The monoisotopic (exact) mass is 475 g/mol. The van der Waals surface area contributed by atoms with Crippen LogP contribution in [0.3, 0.4) is 0 Å². The van der Waals surface area contributed by atoms with Gasteiger partial charge >= 0.3 is 0 Å². The SMILES string of the molecule is CCC(C)NC(=O)CCNC(=O)c1ccc(NS(=O)(=O)c2ccc3c(c2)OCCCO3)cc1. The largest absolute Gasteiger partial charge is 0.490 e. The second kappa shape index (κ2) is 11.0. The maximum atomic E-state index is 12.8. The second-order valence-corrected chi connectivity index (χ2v) is 9.41. The molecule has 0 aliphatic carbocycles. The molecule has 0 fully saturated rings. The van der Waals surface area contributed by atoms with Crippen LogP contribution in [-0.4, -0.2) is 46.0 Å². The van der Waals surface area contributed by atoms with Crippen LogP contribution in [0.2, 0.25) is 0 Å². The van der Waals surface area contributed by atoms with Gasteiger partial charge in [-0.1, -0.05) is 6.92 Å². The number of anilines is 1. The molecule has 2 aromatic carbocycles. The number of carbonyl (C=O) groups excluding carboxylic acids is 2. The fraction of sp³-hybridized carbons (Fsp3) is 0.391. The van der Waals surface area contributed by atoms with Crippen molar-refractivity contribution in [2.75, 3.05) is 24.5 Å². The normalized spacial score (nSPS) is 14.0. The van der Waals surface area contributed by atoms with Crippen LogP contribution in [0, 0.1) is 0 Å². The van der Waals surface area contributed by atoms with Crippen molar-refractivity contribution in [1.82, 2.24) is 10.6 Å². The first kappa shape index (κ1) is 24.4. The van der Waals surface area contributed by atoms with Crippen molar-refractivity contribution in [3.63, 3.8) is 0 Å². The summed E-state index contributed by atoms with van der Waals surface area (Å²) in [5.41, 5.74) is 0.669. The highest BCUT2D eigenvalue weighted by molar-refractivity contribution is 7.92. The molecule has 1 heterocycles. The molecular weight excluding hydrogens is 446 g/mol. The van der Waals surface area contributed by atoms with Crippen LogP contribution in [0.1, 0.15) is 43.5 Å². The summed E-state index contributed by atoms with van der Waals surface area (Å²) in [6.45, 7) is 5.08. The van der Waals surface area contributed by atoms with Crippen molar-refractivity contribution in [2.45, 2.75) is 44.0 Å². The van der Waals surface area contributed by atoms with E-state index in [-0.39, 0.29) is 35.7 Å². The third-order valence-electron chi connectivity index (χ3n) is 5.09. The van der Waals surface area contributed by atoms with Crippen LogP contribution in [0.4, 0.5) is 5.69 Å². The van der Waals surface area contributed by atoms with Gasteiger partial charge in [0.15, 0.2) is 11.5 Å². The van der Waals surface area contributed by atoms with E-state index in [1.807, 2.05) is 13.8 Å². The molecule has 2 amide bonds. The molecule has 0 aromatic heterocycles. The van der Waals surface area contributed by atoms with Crippen LogP contribution >= 0.6 is 0 Å². The lowest BCUT2D eigenvalue weighted by atomic mass is 10.2. The van der Waals surface area contributed by atoms with E-state index in [1.54, 1.807) is 6.07 Å². The standard InChI is InChI=1S/C23H29N3O6S/c1-3-16(2)25-22(27)11-12-24-23(28)17-5-7-18(8-6-17)26-33(29,30)19-9-10-20-21(15-19)32-14-4-13-31-20/h5-10,15-16,26H,3-4,11-14H2,1-2H3,(H,24,28)(H,25,27). The first-order chi connectivity index (χ1) is 15.8. The van der Waals surface area contributed by atoms with Gasteiger partial charge in [-0.25, -0.2) is 8.42 Å². The van der Waals surface area contributed by atoms with Gasteiger partial charge in [-0.15, -0.1) is 0 Å². The molecule has 1 aliphatic heterocycles. The summed E-state index contributed by atoms with van der Waals surface area (Å²) >= 11 is 0. The molecule has 3 rings (SSSR count). The lowest BCUT2D eigenvalue weighted by Gasteiger charge is -2.12. The number of ether oxygens (including phenoxy) is 2. The molecular formula is C23H29N3O6S. The highest BCUT2D eigenvalue weighted by atomic mass is 32.2. The van der Waals surface area contributed by atoms with E-state index in [0.717, 1.165) is 12.8 Å². The Kier molecular flexibility index (Phi) is 8.16. The molecule has 33 heavy (non-hydrogen) atoms. The zero-order chi connectivity index (χ0) is 23.8. The molecule has 178 valence electrons. The minimum atomic E-state index is -3.86. The van der Waals surface area contributed by atoms with Crippen LogP contribution in [0.25, 0.3) is 0 Å².